The predicted octanol–water partition coefficient (Wildman–Crippen LogP) is 0.379. The molecule has 12 nitrogen and oxygen atoms in total. The zero-order valence-electron chi connectivity index (χ0n) is 26.9. The number of nitrogens with one attached hydrogen (secondary N) is 4. The number of hydrogen-bond acceptors (Lipinski definition) is 6. The average molecular weight is 638 g/mol. The van der Waals surface area contributed by atoms with E-state index in [0.29, 0.717) is 44.6 Å². The molecule has 0 saturated heterocycles. The van der Waals surface area contributed by atoms with Gasteiger partial charge in [-0.05, 0) is 61.8 Å². The van der Waals surface area contributed by atoms with Crippen molar-refractivity contribution >= 4 is 29.7 Å². The summed E-state index contributed by atoms with van der Waals surface area (Å²) < 4.78 is 10.5. The second-order valence-electron chi connectivity index (χ2n) is 11.0. The Bertz CT molecular complexity index is 1280. The number of unbranched alkanes of at least 4 members (excludes halogenated alkanes) is 2. The molecule has 2 aromatic rings. The summed E-state index contributed by atoms with van der Waals surface area (Å²) in [5, 5.41) is 8.28. The topological polar surface area (TPSA) is 189 Å². The van der Waals surface area contributed by atoms with Gasteiger partial charge < -0.3 is 25.4 Å². The van der Waals surface area contributed by atoms with Gasteiger partial charge in [0.2, 0.25) is 17.7 Å². The molecule has 3 amide bonds. The number of aryl methyl sites for hydroxylation is 1. The molecule has 250 valence electrons. The Morgan fingerprint density at radius 1 is 0.826 bits per heavy atom. The number of guanidine groups is 1. The smallest absolute Gasteiger partial charge is 0.338 e. The van der Waals surface area contributed by atoms with Crippen molar-refractivity contribution in [1.82, 2.24) is 16.0 Å². The molecule has 0 saturated carbocycles. The minimum Gasteiger partial charge on any atom is -0.490 e. The fraction of sp³-hybridized carbons (Fsp3) is 0.441. The van der Waals surface area contributed by atoms with Crippen LogP contribution in [0.4, 0.5) is 0 Å². The van der Waals surface area contributed by atoms with Crippen LogP contribution in [0.2, 0.25) is 0 Å². The second kappa shape index (κ2) is 21.0. The number of nitrogens with two attached hydrogens (primary N) is 2. The first-order valence-corrected chi connectivity index (χ1v) is 15.6. The molecule has 0 heterocycles. The highest BCUT2D eigenvalue weighted by atomic mass is 16.5. The minimum absolute atomic E-state index is 0.0919. The van der Waals surface area contributed by atoms with E-state index < -0.39 is 41.8 Å². The van der Waals surface area contributed by atoms with Crippen LogP contribution < -0.4 is 37.1 Å². The van der Waals surface area contributed by atoms with Crippen molar-refractivity contribution in [2.24, 2.45) is 11.5 Å². The van der Waals surface area contributed by atoms with Gasteiger partial charge in [-0.25, -0.2) is 4.79 Å². The number of amides is 3. The fourth-order valence-corrected chi connectivity index (χ4v) is 4.80. The fourth-order valence-electron chi connectivity index (χ4n) is 4.80. The van der Waals surface area contributed by atoms with Gasteiger partial charge in [0, 0.05) is 13.3 Å². The maximum atomic E-state index is 13.6. The standard InChI is InChI=1S/C34H48N6O6/c1-4-22-46-27-19-17-26(18-20-27)23-30(38-24(2)41)32(43)39-28(15-10-11-21-37-34(35)36)31(42)40-29(33(44)45-3)16-9-8-14-25-12-6-5-7-13-25/h4-7,12-13,17-20,28-30H,1,8-11,14-16,21-23H2,2-3H3,(H,38,41)(H,39,43)(H,40,42)(H4,35,36,37)/p+1/t28-,29-,30-/m0/s1. The molecule has 0 spiro atoms. The number of methoxy groups -OCH3 is 1. The summed E-state index contributed by atoms with van der Waals surface area (Å²) in [4.78, 5) is 54.6. The molecule has 12 heteroatoms. The number of rotatable bonds is 21. The van der Waals surface area contributed by atoms with E-state index in [0.717, 1.165) is 18.4 Å². The molecule has 0 aromatic heterocycles. The summed E-state index contributed by atoms with van der Waals surface area (Å²) in [6.07, 6.45) is 5.97. The molecule has 0 fully saturated rings. The summed E-state index contributed by atoms with van der Waals surface area (Å²) in [6, 6.07) is 14.3. The number of hydrogen-bond donors (Lipinski definition) is 6. The van der Waals surface area contributed by atoms with Gasteiger partial charge >= 0.3 is 11.9 Å². The molecule has 0 aliphatic heterocycles. The van der Waals surface area contributed by atoms with Crippen LogP contribution in [-0.4, -0.2) is 68.0 Å². The van der Waals surface area contributed by atoms with Gasteiger partial charge in [-0.3, -0.25) is 30.8 Å². The SMILES string of the molecule is C=CCOc1ccc(C[C@H](NC(C)=O)C(=O)N[C@@H](CCCC[NH+]=C(N)N)C(=O)N[C@@H](CCCCc2ccccc2)C(=O)OC)cc1. The third kappa shape index (κ3) is 14.7. The Labute approximate surface area is 271 Å². The number of benzene rings is 2. The first-order chi connectivity index (χ1) is 22.1. The number of ether oxygens (including phenoxy) is 2. The third-order valence-corrected chi connectivity index (χ3v) is 7.16. The Morgan fingerprint density at radius 3 is 2.09 bits per heavy atom. The van der Waals surface area contributed by atoms with Crippen molar-refractivity contribution in [2.75, 3.05) is 20.3 Å². The van der Waals surface area contributed by atoms with Gasteiger partial charge in [0.25, 0.3) is 0 Å². The van der Waals surface area contributed by atoms with Crippen molar-refractivity contribution in [3.63, 3.8) is 0 Å². The van der Waals surface area contributed by atoms with E-state index in [4.69, 9.17) is 20.9 Å². The van der Waals surface area contributed by atoms with E-state index in [1.54, 1.807) is 30.3 Å². The zero-order valence-corrected chi connectivity index (χ0v) is 26.9. The van der Waals surface area contributed by atoms with Gasteiger partial charge in [-0.15, -0.1) is 0 Å². The highest BCUT2D eigenvalue weighted by molar-refractivity contribution is 5.93. The zero-order chi connectivity index (χ0) is 33.7. The molecule has 2 rings (SSSR count). The molecule has 8 N–H and O–H groups in total. The van der Waals surface area contributed by atoms with E-state index >= 15 is 0 Å². The molecular formula is C34H49N6O6+. The number of carbonyl (C=O) groups is 4. The quantitative estimate of drug-likeness (QED) is 0.0372. The lowest BCUT2D eigenvalue weighted by atomic mass is 10.0. The van der Waals surface area contributed by atoms with E-state index in [1.165, 1.54) is 19.6 Å². The monoisotopic (exact) mass is 637 g/mol. The molecule has 0 aliphatic rings. The van der Waals surface area contributed by atoms with Crippen LogP contribution in [0.15, 0.2) is 67.3 Å². The van der Waals surface area contributed by atoms with Gasteiger partial charge in [-0.2, -0.15) is 0 Å². The molecule has 3 atom stereocenters. The van der Waals surface area contributed by atoms with Gasteiger partial charge in [0.15, 0.2) is 0 Å². The van der Waals surface area contributed by atoms with Crippen LogP contribution in [-0.2, 0) is 36.8 Å². The Balaban J connectivity index is 2.13. The van der Waals surface area contributed by atoms with Crippen LogP contribution >= 0.6 is 0 Å². The highest BCUT2D eigenvalue weighted by Gasteiger charge is 2.29. The van der Waals surface area contributed by atoms with Crippen molar-refractivity contribution in [2.45, 2.75) is 76.4 Å². The Hall–Kier alpha value is -4.87. The van der Waals surface area contributed by atoms with Crippen molar-refractivity contribution in [3.8, 4) is 5.75 Å². The van der Waals surface area contributed by atoms with Gasteiger partial charge in [-0.1, -0.05) is 61.5 Å². The summed E-state index contributed by atoms with van der Waals surface area (Å²) in [5.41, 5.74) is 12.9. The molecular weight excluding hydrogens is 588 g/mol. The normalized spacial score (nSPS) is 12.5. The maximum Gasteiger partial charge on any atom is 0.338 e. The average Bonchev–Trinajstić information content (AvgIpc) is 3.04. The van der Waals surface area contributed by atoms with Crippen LogP contribution in [0.1, 0.15) is 56.6 Å². The lowest BCUT2D eigenvalue weighted by Crippen LogP contribution is -2.78. The van der Waals surface area contributed by atoms with E-state index in [2.05, 4.69) is 27.5 Å². The van der Waals surface area contributed by atoms with E-state index in [9.17, 15) is 19.2 Å². The first kappa shape index (κ1) is 37.3. The number of esters is 1. The van der Waals surface area contributed by atoms with E-state index in [-0.39, 0.29) is 18.8 Å². The van der Waals surface area contributed by atoms with Gasteiger partial charge in [0.05, 0.1) is 13.7 Å². The lowest BCUT2D eigenvalue weighted by Gasteiger charge is -2.25. The molecule has 0 aliphatic carbocycles. The van der Waals surface area contributed by atoms with E-state index in [1.807, 2.05) is 30.3 Å². The van der Waals surface area contributed by atoms with Crippen LogP contribution in [0, 0.1) is 0 Å². The molecule has 2 aromatic carbocycles. The van der Waals surface area contributed by atoms with Gasteiger partial charge in [0.1, 0.15) is 30.5 Å². The summed E-state index contributed by atoms with van der Waals surface area (Å²) in [7, 11) is 1.27. The minimum atomic E-state index is -0.978. The maximum absolute atomic E-state index is 13.6. The number of carbonyl (C=O) groups excluding carboxylic acids is 4. The molecule has 46 heavy (non-hydrogen) atoms. The molecule has 0 radical (unpaired) electrons. The first-order valence-electron chi connectivity index (χ1n) is 15.6. The van der Waals surface area contributed by atoms with Crippen LogP contribution in [0.3, 0.4) is 0 Å². The predicted molar refractivity (Wildman–Crippen MR) is 176 cm³/mol. The van der Waals surface area contributed by atoms with Crippen LogP contribution in [0.25, 0.3) is 0 Å². The Kier molecular flexibility index (Phi) is 17.0. The summed E-state index contributed by atoms with van der Waals surface area (Å²) in [5.74, 6) is -1.27. The Morgan fingerprint density at radius 2 is 1.46 bits per heavy atom. The van der Waals surface area contributed by atoms with Crippen LogP contribution in [0.5, 0.6) is 5.75 Å². The lowest BCUT2D eigenvalue weighted by molar-refractivity contribution is -0.459. The summed E-state index contributed by atoms with van der Waals surface area (Å²) in [6.45, 7) is 5.80. The third-order valence-electron chi connectivity index (χ3n) is 7.16. The summed E-state index contributed by atoms with van der Waals surface area (Å²) >= 11 is 0. The largest absolute Gasteiger partial charge is 0.490 e. The highest BCUT2D eigenvalue weighted by Crippen LogP contribution is 2.15. The molecule has 0 unspecified atom stereocenters. The second-order valence-corrected chi connectivity index (χ2v) is 11.0. The molecule has 0 bridgehead atoms. The van der Waals surface area contributed by atoms with Crippen molar-refractivity contribution in [3.05, 3.63) is 78.4 Å². The van der Waals surface area contributed by atoms with Crippen molar-refractivity contribution in [1.29, 1.82) is 0 Å². The van der Waals surface area contributed by atoms with Crippen molar-refractivity contribution < 1.29 is 33.6 Å².